The van der Waals surface area contributed by atoms with Crippen molar-refractivity contribution in [3.05, 3.63) is 22.2 Å². The van der Waals surface area contributed by atoms with Crippen LogP contribution in [0.1, 0.15) is 24.5 Å². The number of rotatable bonds is 6. The number of carboxylic acids is 1. The third-order valence-corrected chi connectivity index (χ3v) is 3.11. The van der Waals surface area contributed by atoms with Crippen LogP contribution >= 0.6 is 11.6 Å². The van der Waals surface area contributed by atoms with E-state index in [1.54, 1.807) is 20.3 Å². The fraction of sp³-hybridized carbons (Fsp3) is 0.462. The Kier molecular flexibility index (Phi) is 5.28. The first-order chi connectivity index (χ1) is 8.54. The zero-order valence-electron chi connectivity index (χ0n) is 10.7. The molecular formula is C13H17ClO4. The molecule has 1 N–H and O–H groups in total. The van der Waals surface area contributed by atoms with Gasteiger partial charge >= 0.3 is 5.97 Å². The van der Waals surface area contributed by atoms with Gasteiger partial charge in [-0.15, -0.1) is 0 Å². The molecule has 0 aliphatic heterocycles. The van der Waals surface area contributed by atoms with Gasteiger partial charge in [-0.1, -0.05) is 18.5 Å². The van der Waals surface area contributed by atoms with Gasteiger partial charge < -0.3 is 14.6 Å². The molecule has 0 fully saturated rings. The molecule has 0 saturated carbocycles. The molecule has 0 saturated heterocycles. The lowest BCUT2D eigenvalue weighted by atomic mass is 9.99. The Morgan fingerprint density at radius 3 is 2.44 bits per heavy atom. The van der Waals surface area contributed by atoms with Crippen molar-refractivity contribution in [2.24, 2.45) is 0 Å². The van der Waals surface area contributed by atoms with E-state index in [0.29, 0.717) is 29.4 Å². The van der Waals surface area contributed by atoms with E-state index in [9.17, 15) is 4.79 Å². The molecule has 0 aliphatic carbocycles. The summed E-state index contributed by atoms with van der Waals surface area (Å²) in [4.78, 5) is 10.7. The van der Waals surface area contributed by atoms with Crippen LogP contribution < -0.4 is 9.47 Å². The van der Waals surface area contributed by atoms with Gasteiger partial charge in [0.1, 0.15) is 0 Å². The van der Waals surface area contributed by atoms with E-state index in [0.717, 1.165) is 11.1 Å². The van der Waals surface area contributed by atoms with Gasteiger partial charge in [-0.3, -0.25) is 4.79 Å². The van der Waals surface area contributed by atoms with Crippen LogP contribution in [0, 0.1) is 0 Å². The van der Waals surface area contributed by atoms with E-state index in [-0.39, 0.29) is 6.42 Å². The third-order valence-electron chi connectivity index (χ3n) is 2.77. The third kappa shape index (κ3) is 3.07. The van der Waals surface area contributed by atoms with Crippen molar-refractivity contribution in [1.82, 2.24) is 0 Å². The molecule has 0 amide bonds. The summed E-state index contributed by atoms with van der Waals surface area (Å²) < 4.78 is 10.5. The maximum Gasteiger partial charge on any atom is 0.303 e. The highest BCUT2D eigenvalue weighted by Gasteiger charge is 2.18. The molecular weight excluding hydrogens is 256 g/mol. The molecule has 0 unspecified atom stereocenters. The van der Waals surface area contributed by atoms with Gasteiger partial charge in [0.2, 0.25) is 0 Å². The quantitative estimate of drug-likeness (QED) is 0.865. The lowest BCUT2D eigenvalue weighted by Crippen LogP contribution is -2.04. The Labute approximate surface area is 111 Å². The van der Waals surface area contributed by atoms with Gasteiger partial charge in [0, 0.05) is 23.1 Å². The Morgan fingerprint density at radius 1 is 1.33 bits per heavy atom. The van der Waals surface area contributed by atoms with Crippen molar-refractivity contribution in [2.45, 2.75) is 26.2 Å². The van der Waals surface area contributed by atoms with Gasteiger partial charge in [0.25, 0.3) is 0 Å². The maximum absolute atomic E-state index is 10.7. The Balaban J connectivity index is 3.27. The summed E-state index contributed by atoms with van der Waals surface area (Å²) in [5, 5.41) is 9.28. The van der Waals surface area contributed by atoms with E-state index >= 15 is 0 Å². The number of carbonyl (C=O) groups is 1. The lowest BCUT2D eigenvalue weighted by molar-refractivity contribution is -0.136. The highest BCUT2D eigenvalue weighted by Crippen LogP contribution is 2.38. The van der Waals surface area contributed by atoms with Crippen molar-refractivity contribution < 1.29 is 19.4 Å². The van der Waals surface area contributed by atoms with E-state index in [1.165, 1.54) is 0 Å². The molecule has 0 bridgehead atoms. The summed E-state index contributed by atoms with van der Waals surface area (Å²) in [7, 11) is 3.11. The first-order valence-corrected chi connectivity index (χ1v) is 6.06. The molecule has 0 aliphatic rings. The van der Waals surface area contributed by atoms with Crippen molar-refractivity contribution in [2.75, 3.05) is 14.2 Å². The minimum absolute atomic E-state index is 0.0439. The van der Waals surface area contributed by atoms with Crippen LogP contribution in [0.15, 0.2) is 6.07 Å². The molecule has 0 spiro atoms. The molecule has 18 heavy (non-hydrogen) atoms. The summed E-state index contributed by atoms with van der Waals surface area (Å²) in [6.45, 7) is 1.97. The second kappa shape index (κ2) is 6.50. The number of benzene rings is 1. The van der Waals surface area contributed by atoms with Gasteiger partial charge in [0.15, 0.2) is 11.5 Å². The smallest absolute Gasteiger partial charge is 0.303 e. The Morgan fingerprint density at radius 2 is 2.00 bits per heavy atom. The van der Waals surface area contributed by atoms with E-state index in [4.69, 9.17) is 26.2 Å². The Hall–Kier alpha value is -1.42. The standard InChI is InChI=1S/C13H17ClO4/c1-4-8-9(5-6-12(15)16)10(14)7-11(17-2)13(8)18-3/h7H,4-6H2,1-3H3,(H,15,16). The van der Waals surface area contributed by atoms with E-state index < -0.39 is 5.97 Å². The molecule has 0 heterocycles. The summed E-state index contributed by atoms with van der Waals surface area (Å²) in [5.74, 6) is 0.353. The van der Waals surface area contributed by atoms with Gasteiger partial charge in [0.05, 0.1) is 14.2 Å². The molecule has 5 heteroatoms. The normalized spacial score (nSPS) is 10.2. The van der Waals surface area contributed by atoms with Crippen molar-refractivity contribution >= 4 is 17.6 Å². The minimum Gasteiger partial charge on any atom is -0.493 e. The maximum atomic E-state index is 10.7. The predicted molar refractivity (Wildman–Crippen MR) is 69.9 cm³/mol. The second-order valence-electron chi connectivity index (χ2n) is 3.80. The van der Waals surface area contributed by atoms with Crippen LogP contribution in [-0.4, -0.2) is 25.3 Å². The van der Waals surface area contributed by atoms with E-state index in [1.807, 2.05) is 6.92 Å². The first kappa shape index (κ1) is 14.6. The molecule has 100 valence electrons. The van der Waals surface area contributed by atoms with Crippen LogP contribution in [0.25, 0.3) is 0 Å². The van der Waals surface area contributed by atoms with Crippen LogP contribution in [0.4, 0.5) is 0 Å². The zero-order chi connectivity index (χ0) is 13.7. The van der Waals surface area contributed by atoms with E-state index in [2.05, 4.69) is 0 Å². The average Bonchev–Trinajstić information content (AvgIpc) is 2.35. The fourth-order valence-corrected chi connectivity index (χ4v) is 2.26. The van der Waals surface area contributed by atoms with Crippen molar-refractivity contribution in [3.63, 3.8) is 0 Å². The summed E-state index contributed by atoms with van der Waals surface area (Å²) >= 11 is 6.18. The summed E-state index contributed by atoms with van der Waals surface area (Å²) in [6.07, 6.45) is 1.13. The number of aliphatic carboxylic acids is 1. The average molecular weight is 273 g/mol. The number of hydrogen-bond acceptors (Lipinski definition) is 3. The molecule has 1 aromatic carbocycles. The minimum atomic E-state index is -0.845. The number of methoxy groups -OCH3 is 2. The van der Waals surface area contributed by atoms with Gasteiger partial charge in [-0.25, -0.2) is 0 Å². The molecule has 4 nitrogen and oxygen atoms in total. The second-order valence-corrected chi connectivity index (χ2v) is 4.21. The molecule has 0 atom stereocenters. The molecule has 0 aromatic heterocycles. The number of carboxylic acid groups (broad SMARTS) is 1. The molecule has 1 aromatic rings. The van der Waals surface area contributed by atoms with Crippen molar-refractivity contribution in [1.29, 1.82) is 0 Å². The van der Waals surface area contributed by atoms with Gasteiger partial charge in [-0.05, 0) is 18.4 Å². The molecule has 0 radical (unpaired) electrons. The summed E-state index contributed by atoms with van der Waals surface area (Å²) in [6, 6.07) is 1.66. The topological polar surface area (TPSA) is 55.8 Å². The van der Waals surface area contributed by atoms with Crippen LogP contribution in [-0.2, 0) is 17.6 Å². The van der Waals surface area contributed by atoms with Crippen LogP contribution in [0.2, 0.25) is 5.02 Å². The SMILES string of the molecule is CCc1c(CCC(=O)O)c(Cl)cc(OC)c1OC. The lowest BCUT2D eigenvalue weighted by Gasteiger charge is -2.17. The Bertz CT molecular complexity index is 443. The fourth-order valence-electron chi connectivity index (χ4n) is 1.95. The monoisotopic (exact) mass is 272 g/mol. The summed E-state index contributed by atoms with van der Waals surface area (Å²) in [5.41, 5.74) is 1.72. The van der Waals surface area contributed by atoms with Crippen LogP contribution in [0.5, 0.6) is 11.5 Å². The number of hydrogen-bond donors (Lipinski definition) is 1. The highest BCUT2D eigenvalue weighted by molar-refractivity contribution is 6.31. The van der Waals surface area contributed by atoms with Gasteiger partial charge in [-0.2, -0.15) is 0 Å². The van der Waals surface area contributed by atoms with Crippen LogP contribution in [0.3, 0.4) is 0 Å². The highest BCUT2D eigenvalue weighted by atomic mass is 35.5. The first-order valence-electron chi connectivity index (χ1n) is 5.69. The zero-order valence-corrected chi connectivity index (χ0v) is 11.5. The number of halogens is 1. The largest absolute Gasteiger partial charge is 0.493 e. The predicted octanol–water partition coefficient (Wildman–Crippen LogP) is 2.94. The van der Waals surface area contributed by atoms with Crippen molar-refractivity contribution in [3.8, 4) is 11.5 Å². The number of ether oxygens (including phenoxy) is 2. The molecule has 1 rings (SSSR count).